The van der Waals surface area contributed by atoms with E-state index in [2.05, 4.69) is 10.6 Å². The summed E-state index contributed by atoms with van der Waals surface area (Å²) < 4.78 is 0. The van der Waals surface area contributed by atoms with Gasteiger partial charge in [-0.25, -0.2) is 4.79 Å². The summed E-state index contributed by atoms with van der Waals surface area (Å²) in [4.78, 5) is 49.3. The van der Waals surface area contributed by atoms with Crippen molar-refractivity contribution in [3.05, 3.63) is 83.1 Å². The molecular formula is C24H26N3NaO5. The second kappa shape index (κ2) is 11.8. The van der Waals surface area contributed by atoms with Crippen molar-refractivity contribution >= 4 is 53.2 Å². The number of amides is 3. The topological polar surface area (TPSA) is 116 Å². The van der Waals surface area contributed by atoms with E-state index in [9.17, 15) is 24.3 Å². The summed E-state index contributed by atoms with van der Waals surface area (Å²) in [7, 11) is 1.48. The predicted octanol–water partition coefficient (Wildman–Crippen LogP) is 1.68. The first-order valence-electron chi connectivity index (χ1n) is 10.2. The Labute approximate surface area is 214 Å². The number of carboxylic acids is 1. The van der Waals surface area contributed by atoms with Gasteiger partial charge in [0.1, 0.15) is 0 Å². The quantitative estimate of drug-likeness (QED) is 0.430. The fraction of sp³-hybridized carbons (Fsp3) is 0.250. The molecule has 9 heteroatoms. The monoisotopic (exact) mass is 459 g/mol. The zero-order valence-electron chi connectivity index (χ0n) is 17.9. The number of hydrogen-bond donors (Lipinski definition) is 3. The molecule has 3 rings (SSSR count). The molecule has 0 bridgehead atoms. The van der Waals surface area contributed by atoms with Crippen molar-refractivity contribution < 1.29 is 24.3 Å². The number of urea groups is 1. The van der Waals surface area contributed by atoms with Crippen LogP contribution in [0.5, 0.6) is 0 Å². The van der Waals surface area contributed by atoms with Gasteiger partial charge in [-0.2, -0.15) is 0 Å². The molecule has 1 aliphatic heterocycles. The van der Waals surface area contributed by atoms with Crippen LogP contribution in [0.25, 0.3) is 0 Å². The average Bonchev–Trinajstić information content (AvgIpc) is 2.75. The Morgan fingerprint density at radius 3 is 2.55 bits per heavy atom. The fourth-order valence-electron chi connectivity index (χ4n) is 3.52. The predicted molar refractivity (Wildman–Crippen MR) is 125 cm³/mol. The van der Waals surface area contributed by atoms with Crippen molar-refractivity contribution in [1.29, 1.82) is 0 Å². The van der Waals surface area contributed by atoms with Crippen LogP contribution < -0.4 is 10.6 Å². The van der Waals surface area contributed by atoms with Crippen molar-refractivity contribution in [3.63, 3.8) is 0 Å². The molecule has 0 fully saturated rings. The number of aryl methyl sites for hydroxylation is 1. The summed E-state index contributed by atoms with van der Waals surface area (Å²) in [5.41, 5.74) is 3.89. The van der Waals surface area contributed by atoms with Crippen molar-refractivity contribution in [2.75, 3.05) is 7.05 Å². The van der Waals surface area contributed by atoms with E-state index in [0.717, 1.165) is 16.7 Å². The number of nitrogens with zero attached hydrogens (tertiary/aromatic N) is 1. The Balaban J connectivity index is 0.00000385. The first kappa shape index (κ1) is 26.3. The van der Waals surface area contributed by atoms with Gasteiger partial charge >= 0.3 is 41.6 Å². The van der Waals surface area contributed by atoms with Crippen LogP contribution in [-0.4, -0.2) is 76.3 Å². The molecule has 1 unspecified atom stereocenters. The molecule has 33 heavy (non-hydrogen) atoms. The first-order chi connectivity index (χ1) is 15.2. The van der Waals surface area contributed by atoms with Gasteiger partial charge in [-0.1, -0.05) is 48.5 Å². The molecular weight excluding hydrogens is 433 g/mol. The second-order valence-corrected chi connectivity index (χ2v) is 7.72. The standard InChI is InChI=1S/C24H25N3O5.Na.H/c1-15-6-3-4-8-17(15)12-16-7-5-9-18(13-16)19(14-21(29)30)25-24(32)26-22-20(28)10-11-27(2)23(22)31;;/h3-11,13,19,22H,12,14H2,1-2H3,(H,29,30)(H2,25,26,32);;/t19-,22?;;/m0../s1. The molecule has 0 spiro atoms. The van der Waals surface area contributed by atoms with E-state index >= 15 is 0 Å². The number of carbonyl (C=O) groups excluding carboxylic acids is 3. The van der Waals surface area contributed by atoms with Crippen LogP contribution in [0.15, 0.2) is 60.8 Å². The van der Waals surface area contributed by atoms with Crippen LogP contribution >= 0.6 is 0 Å². The minimum absolute atomic E-state index is 0. The van der Waals surface area contributed by atoms with Crippen LogP contribution in [-0.2, 0) is 20.8 Å². The van der Waals surface area contributed by atoms with Crippen molar-refractivity contribution in [1.82, 2.24) is 15.5 Å². The van der Waals surface area contributed by atoms with Gasteiger partial charge < -0.3 is 20.6 Å². The molecule has 0 radical (unpaired) electrons. The van der Waals surface area contributed by atoms with Gasteiger partial charge in [0, 0.05) is 19.3 Å². The van der Waals surface area contributed by atoms with Crippen LogP contribution in [0.3, 0.4) is 0 Å². The zero-order valence-corrected chi connectivity index (χ0v) is 17.9. The number of benzene rings is 2. The second-order valence-electron chi connectivity index (χ2n) is 7.72. The Morgan fingerprint density at radius 2 is 1.85 bits per heavy atom. The van der Waals surface area contributed by atoms with Gasteiger partial charge in [-0.05, 0) is 35.6 Å². The summed E-state index contributed by atoms with van der Waals surface area (Å²) >= 11 is 0. The van der Waals surface area contributed by atoms with E-state index in [1.165, 1.54) is 24.2 Å². The molecule has 0 aromatic heterocycles. The van der Waals surface area contributed by atoms with E-state index in [-0.39, 0.29) is 36.0 Å². The number of aliphatic carboxylic acids is 1. The fourth-order valence-corrected chi connectivity index (χ4v) is 3.52. The number of likely N-dealkylation sites (N-methyl/N-ethyl adjacent to an activating group) is 1. The van der Waals surface area contributed by atoms with Crippen molar-refractivity contribution in [2.45, 2.75) is 31.8 Å². The third-order valence-corrected chi connectivity index (χ3v) is 5.31. The normalized spacial score (nSPS) is 16.1. The molecule has 1 aliphatic rings. The van der Waals surface area contributed by atoms with E-state index in [4.69, 9.17) is 0 Å². The molecule has 2 aromatic carbocycles. The van der Waals surface area contributed by atoms with E-state index in [0.29, 0.717) is 12.0 Å². The van der Waals surface area contributed by atoms with Gasteiger partial charge in [0.2, 0.25) is 0 Å². The SMILES string of the molecule is Cc1ccccc1Cc1cccc([C@H](CC(=O)O)NC(=O)NC2C(=O)C=CN(C)C2=O)c1.[NaH]. The number of carboxylic acid groups (broad SMARTS) is 1. The van der Waals surface area contributed by atoms with Crippen LogP contribution in [0.1, 0.15) is 34.7 Å². The molecule has 168 valence electrons. The van der Waals surface area contributed by atoms with Crippen molar-refractivity contribution in [2.24, 2.45) is 0 Å². The molecule has 1 heterocycles. The number of hydrogen-bond acceptors (Lipinski definition) is 4. The van der Waals surface area contributed by atoms with Gasteiger partial charge in [0.25, 0.3) is 5.91 Å². The summed E-state index contributed by atoms with van der Waals surface area (Å²) in [5.74, 6) is -2.20. The van der Waals surface area contributed by atoms with Gasteiger partial charge in [-0.15, -0.1) is 0 Å². The van der Waals surface area contributed by atoms with Crippen LogP contribution in [0.2, 0.25) is 0 Å². The summed E-state index contributed by atoms with van der Waals surface area (Å²) in [6.07, 6.45) is 2.84. The number of carbonyl (C=O) groups is 4. The summed E-state index contributed by atoms with van der Waals surface area (Å²) in [6.45, 7) is 2.03. The number of nitrogens with one attached hydrogen (secondary N) is 2. The van der Waals surface area contributed by atoms with E-state index < -0.39 is 35.8 Å². The Bertz CT molecular complexity index is 1090. The van der Waals surface area contributed by atoms with Crippen LogP contribution in [0, 0.1) is 6.92 Å². The molecule has 2 atom stereocenters. The maximum atomic E-state index is 12.5. The molecule has 0 saturated heterocycles. The van der Waals surface area contributed by atoms with Crippen LogP contribution in [0.4, 0.5) is 4.79 Å². The molecule has 2 aromatic rings. The summed E-state index contributed by atoms with van der Waals surface area (Å²) in [5, 5.41) is 14.3. The minimum atomic E-state index is -1.34. The molecule has 3 amide bonds. The number of ketones is 1. The Hall–Kier alpha value is -2.94. The van der Waals surface area contributed by atoms with Gasteiger partial charge in [0.05, 0.1) is 12.5 Å². The molecule has 0 saturated carbocycles. The molecule has 8 nitrogen and oxygen atoms in total. The first-order valence-corrected chi connectivity index (χ1v) is 10.2. The Kier molecular flexibility index (Phi) is 9.40. The van der Waals surface area contributed by atoms with Gasteiger partial charge in [0.15, 0.2) is 11.8 Å². The third-order valence-electron chi connectivity index (χ3n) is 5.31. The average molecular weight is 459 g/mol. The summed E-state index contributed by atoms with van der Waals surface area (Å²) in [6, 6.07) is 12.4. The third kappa shape index (κ3) is 7.02. The van der Waals surface area contributed by atoms with E-state index in [1.54, 1.807) is 6.07 Å². The Morgan fingerprint density at radius 1 is 1.12 bits per heavy atom. The molecule has 0 aliphatic carbocycles. The molecule has 3 N–H and O–H groups in total. The van der Waals surface area contributed by atoms with Crippen molar-refractivity contribution in [3.8, 4) is 0 Å². The van der Waals surface area contributed by atoms with E-state index in [1.807, 2.05) is 49.4 Å². The zero-order chi connectivity index (χ0) is 23.3. The van der Waals surface area contributed by atoms with Gasteiger partial charge in [-0.3, -0.25) is 14.4 Å². The maximum absolute atomic E-state index is 12.5. The number of rotatable bonds is 7.